The number of thiocarbonyl (C=S) groups is 1. The summed E-state index contributed by atoms with van der Waals surface area (Å²) in [7, 11) is 1.59. The molecule has 0 spiro atoms. The number of carbonyl (C=O) groups is 1. The van der Waals surface area contributed by atoms with Crippen molar-refractivity contribution >= 4 is 29.0 Å². The summed E-state index contributed by atoms with van der Waals surface area (Å²) in [5.41, 5.74) is 1.14. The largest absolute Gasteiger partial charge is 0.497 e. The summed E-state index contributed by atoms with van der Waals surface area (Å²) in [6.45, 7) is 4.10. The summed E-state index contributed by atoms with van der Waals surface area (Å²) in [5.74, 6) is 0.971. The molecule has 2 aromatic carbocycles. The van der Waals surface area contributed by atoms with Gasteiger partial charge in [-0.1, -0.05) is 12.1 Å². The fourth-order valence-corrected chi connectivity index (χ4v) is 2.06. The minimum Gasteiger partial charge on any atom is -0.497 e. The molecule has 0 aliphatic heterocycles. The lowest BCUT2D eigenvalue weighted by Crippen LogP contribution is -2.26. The van der Waals surface area contributed by atoms with Crippen molar-refractivity contribution in [3.05, 3.63) is 66.7 Å². The van der Waals surface area contributed by atoms with Gasteiger partial charge in [-0.05, 0) is 54.7 Å². The number of methoxy groups -OCH3 is 1. The van der Waals surface area contributed by atoms with Crippen molar-refractivity contribution in [1.82, 2.24) is 5.32 Å². The van der Waals surface area contributed by atoms with Crippen LogP contribution in [0, 0.1) is 0 Å². The predicted molar refractivity (Wildman–Crippen MR) is 98.8 cm³/mol. The van der Waals surface area contributed by atoms with Gasteiger partial charge in [-0.2, -0.15) is 0 Å². The van der Waals surface area contributed by atoms with E-state index in [1.165, 1.54) is 0 Å². The van der Waals surface area contributed by atoms with Crippen molar-refractivity contribution in [2.75, 3.05) is 19.0 Å². The number of anilines is 1. The average molecular weight is 342 g/mol. The third-order valence-electron chi connectivity index (χ3n) is 3.05. The third-order valence-corrected chi connectivity index (χ3v) is 3.27. The maximum atomic E-state index is 12.3. The van der Waals surface area contributed by atoms with E-state index in [1.54, 1.807) is 61.7 Å². The first kappa shape index (κ1) is 17.5. The van der Waals surface area contributed by atoms with Gasteiger partial charge in [-0.25, -0.2) is 0 Å². The summed E-state index contributed by atoms with van der Waals surface area (Å²) >= 11 is 5.05. The lowest BCUT2D eigenvalue weighted by molar-refractivity contribution is 0.102. The first-order chi connectivity index (χ1) is 11.6. The highest BCUT2D eigenvalue weighted by molar-refractivity contribution is 7.80. The second-order valence-corrected chi connectivity index (χ2v) is 5.14. The van der Waals surface area contributed by atoms with Crippen LogP contribution in [0.5, 0.6) is 11.5 Å². The SMILES string of the molecule is C=CCNC(=S)Oc1cccc(C(=O)Nc2ccc(OC)cc2)c1. The van der Waals surface area contributed by atoms with Gasteiger partial charge in [0.2, 0.25) is 0 Å². The molecule has 2 N–H and O–H groups in total. The fourth-order valence-electron chi connectivity index (χ4n) is 1.88. The van der Waals surface area contributed by atoms with Gasteiger partial charge in [-0.15, -0.1) is 6.58 Å². The van der Waals surface area contributed by atoms with Gasteiger partial charge in [-0.3, -0.25) is 4.79 Å². The van der Waals surface area contributed by atoms with Crippen LogP contribution >= 0.6 is 12.2 Å². The molecule has 0 radical (unpaired) electrons. The molecule has 0 aromatic heterocycles. The van der Waals surface area contributed by atoms with Gasteiger partial charge in [0.05, 0.1) is 7.11 Å². The summed E-state index contributed by atoms with van der Waals surface area (Å²) in [4.78, 5) is 12.3. The van der Waals surface area contributed by atoms with Gasteiger partial charge < -0.3 is 20.1 Å². The van der Waals surface area contributed by atoms with E-state index in [9.17, 15) is 4.79 Å². The minimum absolute atomic E-state index is 0.225. The van der Waals surface area contributed by atoms with E-state index in [4.69, 9.17) is 21.7 Å². The average Bonchev–Trinajstić information content (AvgIpc) is 2.61. The van der Waals surface area contributed by atoms with E-state index in [-0.39, 0.29) is 11.1 Å². The van der Waals surface area contributed by atoms with E-state index in [0.717, 1.165) is 5.75 Å². The molecule has 0 aliphatic rings. The Bertz CT molecular complexity index is 729. The van der Waals surface area contributed by atoms with Crippen LogP contribution in [-0.4, -0.2) is 24.7 Å². The first-order valence-electron chi connectivity index (χ1n) is 7.24. The van der Waals surface area contributed by atoms with Crippen molar-refractivity contribution in [2.45, 2.75) is 0 Å². The Morgan fingerprint density at radius 2 is 1.96 bits per heavy atom. The third kappa shape index (κ3) is 5.10. The van der Waals surface area contributed by atoms with Crippen molar-refractivity contribution in [3.63, 3.8) is 0 Å². The van der Waals surface area contributed by atoms with E-state index >= 15 is 0 Å². The highest BCUT2D eigenvalue weighted by atomic mass is 32.1. The molecule has 2 aromatic rings. The molecular formula is C18H18N2O3S. The number of ether oxygens (including phenoxy) is 2. The zero-order chi connectivity index (χ0) is 17.4. The van der Waals surface area contributed by atoms with E-state index < -0.39 is 0 Å². The van der Waals surface area contributed by atoms with Crippen LogP contribution < -0.4 is 20.1 Å². The molecule has 0 saturated heterocycles. The molecule has 0 saturated carbocycles. The lowest BCUT2D eigenvalue weighted by atomic mass is 10.2. The van der Waals surface area contributed by atoms with E-state index in [2.05, 4.69) is 17.2 Å². The molecule has 5 nitrogen and oxygen atoms in total. The van der Waals surface area contributed by atoms with Gasteiger partial charge in [0, 0.05) is 17.8 Å². The van der Waals surface area contributed by atoms with Crippen LogP contribution in [0.15, 0.2) is 61.2 Å². The Balaban J connectivity index is 2.02. The number of rotatable bonds is 6. The van der Waals surface area contributed by atoms with E-state index in [0.29, 0.717) is 23.5 Å². The monoisotopic (exact) mass is 342 g/mol. The molecule has 0 bridgehead atoms. The zero-order valence-electron chi connectivity index (χ0n) is 13.2. The Morgan fingerprint density at radius 3 is 2.62 bits per heavy atom. The Morgan fingerprint density at radius 1 is 1.21 bits per heavy atom. The second-order valence-electron chi connectivity index (χ2n) is 4.77. The quantitative estimate of drug-likeness (QED) is 0.622. The van der Waals surface area contributed by atoms with E-state index in [1.807, 2.05) is 0 Å². The van der Waals surface area contributed by atoms with Crippen LogP contribution in [0.3, 0.4) is 0 Å². The van der Waals surface area contributed by atoms with Crippen molar-refractivity contribution < 1.29 is 14.3 Å². The number of amides is 1. The smallest absolute Gasteiger partial charge is 0.262 e. The highest BCUT2D eigenvalue weighted by Gasteiger charge is 2.08. The number of hydrogen-bond acceptors (Lipinski definition) is 4. The van der Waals surface area contributed by atoms with Crippen LogP contribution in [0.2, 0.25) is 0 Å². The molecule has 6 heteroatoms. The Hall–Kier alpha value is -2.86. The zero-order valence-corrected chi connectivity index (χ0v) is 14.1. The number of hydrogen-bond donors (Lipinski definition) is 2. The lowest BCUT2D eigenvalue weighted by Gasteiger charge is -2.10. The maximum Gasteiger partial charge on any atom is 0.262 e. The normalized spacial score (nSPS) is 9.71. The number of benzene rings is 2. The molecule has 0 atom stereocenters. The maximum absolute atomic E-state index is 12.3. The molecular weight excluding hydrogens is 324 g/mol. The summed E-state index contributed by atoms with van der Waals surface area (Å²) in [6.07, 6.45) is 1.67. The molecule has 2 rings (SSSR count). The number of nitrogens with one attached hydrogen (secondary N) is 2. The molecule has 0 unspecified atom stereocenters. The molecule has 0 aliphatic carbocycles. The van der Waals surface area contributed by atoms with Gasteiger partial charge in [0.1, 0.15) is 11.5 Å². The Kier molecular flexibility index (Phi) is 6.33. The molecule has 1 amide bonds. The summed E-state index contributed by atoms with van der Waals surface area (Å²) in [5, 5.41) is 5.90. The molecule has 124 valence electrons. The van der Waals surface area contributed by atoms with Crippen LogP contribution in [0.1, 0.15) is 10.4 Å². The highest BCUT2D eigenvalue weighted by Crippen LogP contribution is 2.18. The fraction of sp³-hybridized carbons (Fsp3) is 0.111. The van der Waals surface area contributed by atoms with Crippen molar-refractivity contribution in [2.24, 2.45) is 0 Å². The van der Waals surface area contributed by atoms with Gasteiger partial charge >= 0.3 is 0 Å². The number of carbonyl (C=O) groups excluding carboxylic acids is 1. The molecule has 0 fully saturated rings. The predicted octanol–water partition coefficient (Wildman–Crippen LogP) is 3.39. The van der Waals surface area contributed by atoms with Crippen LogP contribution in [0.25, 0.3) is 0 Å². The van der Waals surface area contributed by atoms with Crippen molar-refractivity contribution in [1.29, 1.82) is 0 Å². The van der Waals surface area contributed by atoms with Gasteiger partial charge in [0.15, 0.2) is 0 Å². The van der Waals surface area contributed by atoms with Crippen molar-refractivity contribution in [3.8, 4) is 11.5 Å². The van der Waals surface area contributed by atoms with Gasteiger partial charge in [0.25, 0.3) is 11.1 Å². The van der Waals surface area contributed by atoms with Crippen LogP contribution in [0.4, 0.5) is 5.69 Å². The van der Waals surface area contributed by atoms with Crippen LogP contribution in [-0.2, 0) is 0 Å². The first-order valence-corrected chi connectivity index (χ1v) is 7.65. The molecule has 24 heavy (non-hydrogen) atoms. The standard InChI is InChI=1S/C18H18N2O3S/c1-3-11-19-18(24)23-16-6-4-5-13(12-16)17(21)20-14-7-9-15(22-2)10-8-14/h3-10,12H,1,11H2,2H3,(H,19,24)(H,20,21). The molecule has 0 heterocycles. The summed E-state index contributed by atoms with van der Waals surface area (Å²) < 4.78 is 10.5. The second kappa shape index (κ2) is 8.69. The topological polar surface area (TPSA) is 59.6 Å². The Labute approximate surface area is 146 Å². The summed E-state index contributed by atoms with van der Waals surface area (Å²) in [6, 6.07) is 13.9. The minimum atomic E-state index is -0.240.